The summed E-state index contributed by atoms with van der Waals surface area (Å²) in [5.41, 5.74) is -1.98. The summed E-state index contributed by atoms with van der Waals surface area (Å²) in [5.74, 6) is -3.11. The van der Waals surface area contributed by atoms with E-state index in [9.17, 15) is 28.8 Å². The molecule has 0 bridgehead atoms. The van der Waals surface area contributed by atoms with Crippen LogP contribution in [-0.2, 0) is 49.9 Å². The molecule has 1 N–H and O–H groups in total. The summed E-state index contributed by atoms with van der Waals surface area (Å²) in [6.07, 6.45) is -7.05. The number of nitrogens with one attached hydrogen (secondary N) is 1. The third kappa shape index (κ3) is 5.37. The maximum atomic E-state index is 12.4. The van der Waals surface area contributed by atoms with Crippen LogP contribution in [0.2, 0.25) is 0 Å². The summed E-state index contributed by atoms with van der Waals surface area (Å²) in [5, 5.41) is 7.63. The summed E-state index contributed by atoms with van der Waals surface area (Å²) in [4.78, 5) is 74.2. The molecule has 0 aliphatic carbocycles. The lowest BCUT2D eigenvalue weighted by Gasteiger charge is -2.44. The molecule has 16 nitrogen and oxygen atoms in total. The van der Waals surface area contributed by atoms with E-state index in [2.05, 4.69) is 15.3 Å². The van der Waals surface area contributed by atoms with Crippen molar-refractivity contribution in [3.05, 3.63) is 20.8 Å². The van der Waals surface area contributed by atoms with E-state index < -0.39 is 72.4 Å². The first-order chi connectivity index (χ1) is 16.4. The Balaban J connectivity index is 2.20. The number of rotatable bonds is 6. The molecule has 1 fully saturated rings. The van der Waals surface area contributed by atoms with Crippen LogP contribution in [0.25, 0.3) is 11.2 Å². The van der Waals surface area contributed by atoms with Gasteiger partial charge in [-0.1, -0.05) is 5.21 Å². The molecular weight excluding hydrogens is 474 g/mol. The number of carbonyl (C=O) groups excluding carboxylic acids is 4. The molecule has 3 rings (SSSR count). The first kappa shape index (κ1) is 25.5. The highest BCUT2D eigenvalue weighted by atomic mass is 16.7. The van der Waals surface area contributed by atoms with Gasteiger partial charge in [0.2, 0.25) is 0 Å². The molecule has 0 radical (unpaired) electrons. The van der Waals surface area contributed by atoms with Crippen molar-refractivity contribution in [3.8, 4) is 0 Å². The van der Waals surface area contributed by atoms with Gasteiger partial charge in [0.1, 0.15) is 12.7 Å². The monoisotopic (exact) mass is 497 g/mol. The molecule has 1 aliphatic heterocycles. The lowest BCUT2D eigenvalue weighted by atomic mass is 9.97. The number of nitrogens with zero attached hydrogens (tertiary/aromatic N) is 4. The van der Waals surface area contributed by atoms with Gasteiger partial charge in [-0.2, -0.15) is 4.68 Å². The lowest BCUT2D eigenvalue weighted by Crippen LogP contribution is -2.60. The first-order valence-corrected chi connectivity index (χ1v) is 10.2. The minimum Gasteiger partial charge on any atom is -0.463 e. The molecule has 3 heterocycles. The number of carbonyl (C=O) groups is 4. The van der Waals surface area contributed by atoms with Crippen LogP contribution in [-0.4, -0.2) is 79.4 Å². The molecule has 2 aromatic heterocycles. The van der Waals surface area contributed by atoms with E-state index in [1.165, 1.54) is 7.05 Å². The van der Waals surface area contributed by atoms with E-state index in [0.29, 0.717) is 0 Å². The molecule has 5 atom stereocenters. The van der Waals surface area contributed by atoms with Gasteiger partial charge in [-0.3, -0.25) is 33.5 Å². The van der Waals surface area contributed by atoms with Gasteiger partial charge >= 0.3 is 29.6 Å². The summed E-state index contributed by atoms with van der Waals surface area (Å²) < 4.78 is 28.7. The Morgan fingerprint density at radius 3 is 2.06 bits per heavy atom. The van der Waals surface area contributed by atoms with Crippen LogP contribution < -0.4 is 11.2 Å². The second-order valence-corrected chi connectivity index (χ2v) is 7.62. The smallest absolute Gasteiger partial charge is 0.329 e. The maximum Gasteiger partial charge on any atom is 0.329 e. The molecule has 0 amide bonds. The van der Waals surface area contributed by atoms with Crippen molar-refractivity contribution in [2.24, 2.45) is 7.05 Å². The van der Waals surface area contributed by atoms with Crippen LogP contribution in [0.1, 0.15) is 33.9 Å². The van der Waals surface area contributed by atoms with Crippen LogP contribution in [0.5, 0.6) is 0 Å². The predicted molar refractivity (Wildman–Crippen MR) is 111 cm³/mol. The minimum absolute atomic E-state index is 0.181. The molecule has 0 unspecified atom stereocenters. The van der Waals surface area contributed by atoms with Crippen molar-refractivity contribution < 1.29 is 42.9 Å². The van der Waals surface area contributed by atoms with E-state index in [1.54, 1.807) is 0 Å². The second-order valence-electron chi connectivity index (χ2n) is 7.62. The van der Waals surface area contributed by atoms with Gasteiger partial charge in [0.05, 0.1) is 0 Å². The summed E-state index contributed by atoms with van der Waals surface area (Å²) in [7, 11) is 1.23. The van der Waals surface area contributed by atoms with E-state index in [1.807, 2.05) is 0 Å². The van der Waals surface area contributed by atoms with Crippen LogP contribution >= 0.6 is 0 Å². The third-order valence-electron chi connectivity index (χ3n) is 4.94. The average molecular weight is 497 g/mol. The molecule has 35 heavy (non-hydrogen) atoms. The number of aromatic nitrogens is 5. The fourth-order valence-corrected chi connectivity index (χ4v) is 3.57. The molecule has 190 valence electrons. The second kappa shape index (κ2) is 10.0. The Morgan fingerprint density at radius 2 is 1.49 bits per heavy atom. The zero-order valence-corrected chi connectivity index (χ0v) is 19.4. The fourth-order valence-electron chi connectivity index (χ4n) is 3.57. The number of fused-ring (bicyclic) bond motifs is 1. The van der Waals surface area contributed by atoms with Gasteiger partial charge in [0.25, 0.3) is 5.56 Å². The number of hydrogen-bond acceptors (Lipinski definition) is 13. The predicted octanol–water partition coefficient (Wildman–Crippen LogP) is -1.93. The highest BCUT2D eigenvalue weighted by Crippen LogP contribution is 2.35. The Morgan fingerprint density at radius 1 is 0.914 bits per heavy atom. The number of H-pyrrole nitrogens is 1. The molecule has 1 aliphatic rings. The highest BCUT2D eigenvalue weighted by molar-refractivity contribution is 5.69. The van der Waals surface area contributed by atoms with Crippen molar-refractivity contribution in [2.75, 3.05) is 6.61 Å². The van der Waals surface area contributed by atoms with Crippen molar-refractivity contribution in [1.82, 2.24) is 24.5 Å². The van der Waals surface area contributed by atoms with Crippen LogP contribution in [0, 0.1) is 0 Å². The van der Waals surface area contributed by atoms with E-state index in [-0.39, 0.29) is 11.2 Å². The molecule has 0 saturated carbocycles. The van der Waals surface area contributed by atoms with Crippen LogP contribution in [0.15, 0.2) is 9.59 Å². The minimum atomic E-state index is -1.49. The summed E-state index contributed by atoms with van der Waals surface area (Å²) in [6.45, 7) is 3.92. The number of esters is 4. The van der Waals surface area contributed by atoms with E-state index in [4.69, 9.17) is 23.7 Å². The number of hydrogen-bond donors (Lipinski definition) is 1. The molecule has 1 saturated heterocycles. The molecule has 0 spiro atoms. The topological polar surface area (TPSA) is 200 Å². The fraction of sp³-hybridized carbons (Fsp3) is 0.579. The Hall–Kier alpha value is -4.08. The van der Waals surface area contributed by atoms with Crippen LogP contribution in [0.3, 0.4) is 0 Å². The van der Waals surface area contributed by atoms with Crippen molar-refractivity contribution in [1.29, 1.82) is 0 Å². The van der Waals surface area contributed by atoms with Gasteiger partial charge in [-0.05, 0) is 0 Å². The van der Waals surface area contributed by atoms with Gasteiger partial charge in [-0.25, -0.2) is 4.79 Å². The Kier molecular flexibility index (Phi) is 7.33. The van der Waals surface area contributed by atoms with Crippen LogP contribution in [0.4, 0.5) is 0 Å². The van der Waals surface area contributed by atoms with Crippen molar-refractivity contribution >= 4 is 35.0 Å². The quantitative estimate of drug-likeness (QED) is 0.342. The zero-order chi connectivity index (χ0) is 26.0. The molecule has 0 aromatic carbocycles. The molecular formula is C19H23N5O11. The number of aromatic amines is 1. The lowest BCUT2D eigenvalue weighted by molar-refractivity contribution is -0.269. The average Bonchev–Trinajstić information content (AvgIpc) is 3.16. The summed E-state index contributed by atoms with van der Waals surface area (Å²) in [6, 6.07) is 0. The van der Waals surface area contributed by atoms with Gasteiger partial charge in [-0.15, -0.1) is 5.10 Å². The van der Waals surface area contributed by atoms with Gasteiger partial charge < -0.3 is 23.7 Å². The summed E-state index contributed by atoms with van der Waals surface area (Å²) >= 11 is 0. The first-order valence-electron chi connectivity index (χ1n) is 10.2. The van der Waals surface area contributed by atoms with Crippen molar-refractivity contribution in [2.45, 2.75) is 58.3 Å². The Labute approximate surface area is 196 Å². The van der Waals surface area contributed by atoms with Gasteiger partial charge in [0.15, 0.2) is 35.7 Å². The molecule has 2 aromatic rings. The highest BCUT2D eigenvalue weighted by Gasteiger charge is 2.53. The van der Waals surface area contributed by atoms with Crippen molar-refractivity contribution in [3.63, 3.8) is 0 Å². The normalized spacial score (nSPS) is 24.0. The SMILES string of the molecule is CC(=O)OC[C@H]1O[C@@H](n2nnc3c(=O)n(C)c(=O)[nH]c32)[C@@H](OC(C)=O)[C@@H](OC(C)=O)[C@@H]1OC(C)=O. The van der Waals surface area contributed by atoms with E-state index in [0.717, 1.165) is 36.9 Å². The Bertz CT molecular complexity index is 1280. The third-order valence-corrected chi connectivity index (χ3v) is 4.94. The largest absolute Gasteiger partial charge is 0.463 e. The maximum absolute atomic E-state index is 12.4. The van der Waals surface area contributed by atoms with E-state index >= 15 is 0 Å². The standard InChI is InChI=1S/C19H23N5O11/c1-7(25)31-6-11-13(32-8(2)26)14(33-9(3)27)15(34-10(4)28)18(35-11)24-16-12(21-22-24)17(29)23(5)19(30)20-16/h11,13-15,18H,6H2,1-5H3,(H,20,30)/t11-,13-,14+,15+,18-/m1/s1. The molecule has 16 heteroatoms. The van der Waals surface area contributed by atoms with Gasteiger partial charge in [0, 0.05) is 34.7 Å². The number of ether oxygens (including phenoxy) is 5. The zero-order valence-electron chi connectivity index (χ0n) is 19.4.